The fourth-order valence-electron chi connectivity index (χ4n) is 2.99. The third-order valence-corrected chi connectivity index (χ3v) is 4.32. The molecule has 0 heterocycles. The molecule has 1 N–H and O–H groups in total. The average Bonchev–Trinajstić information content (AvgIpc) is 2.56. The number of nitrogens with zero attached hydrogens (tertiary/aromatic N) is 1. The number of nitrogens with one attached hydrogen (secondary N) is 1. The zero-order chi connectivity index (χ0) is 20.6. The van der Waals surface area contributed by atoms with E-state index in [9.17, 15) is 19.2 Å². The third kappa shape index (κ3) is 4.05. The van der Waals surface area contributed by atoms with E-state index in [4.69, 9.17) is 10.00 Å². The van der Waals surface area contributed by atoms with Crippen LogP contribution in [-0.4, -0.2) is 35.6 Å². The first kappa shape index (κ1) is 20.3. The van der Waals surface area contributed by atoms with Gasteiger partial charge in [-0.25, -0.2) is 0 Å². The molecule has 1 aromatic carbocycles. The van der Waals surface area contributed by atoms with Crippen LogP contribution < -0.4 is 5.32 Å². The molecule has 142 valence electrons. The van der Waals surface area contributed by atoms with Crippen molar-refractivity contribution in [3.05, 3.63) is 34.9 Å². The van der Waals surface area contributed by atoms with Crippen LogP contribution in [0.5, 0.6) is 0 Å². The van der Waals surface area contributed by atoms with Gasteiger partial charge >= 0.3 is 5.97 Å². The second-order valence-electron chi connectivity index (χ2n) is 7.96. The SMILES string of the molecule is CC(C)(C)OC(=O)CNC(=O)C1C(=O)c2ccc(C#N)cc2C(C)(C)C1=O. The quantitative estimate of drug-likeness (QED) is 0.640. The van der Waals surface area contributed by atoms with Crippen molar-refractivity contribution >= 4 is 23.4 Å². The average molecular weight is 370 g/mol. The number of ketones is 2. The van der Waals surface area contributed by atoms with Gasteiger partial charge in [0.25, 0.3) is 0 Å². The van der Waals surface area contributed by atoms with Crippen LogP contribution in [0.25, 0.3) is 0 Å². The number of hydrogen-bond acceptors (Lipinski definition) is 6. The van der Waals surface area contributed by atoms with E-state index in [-0.39, 0.29) is 5.56 Å². The van der Waals surface area contributed by atoms with E-state index in [0.717, 1.165) is 0 Å². The summed E-state index contributed by atoms with van der Waals surface area (Å²) in [7, 11) is 0. The molecule has 1 aromatic rings. The highest BCUT2D eigenvalue weighted by Gasteiger charge is 2.49. The summed E-state index contributed by atoms with van der Waals surface area (Å²) in [6, 6.07) is 6.40. The van der Waals surface area contributed by atoms with Gasteiger partial charge in [0, 0.05) is 5.56 Å². The molecule has 0 spiro atoms. The number of ether oxygens (including phenoxy) is 1. The second kappa shape index (κ2) is 6.95. The molecular weight excluding hydrogens is 348 g/mol. The van der Waals surface area contributed by atoms with Gasteiger partial charge in [0.05, 0.1) is 17.0 Å². The molecule has 0 saturated carbocycles. The first-order chi connectivity index (χ1) is 12.4. The van der Waals surface area contributed by atoms with Crippen molar-refractivity contribution in [3.63, 3.8) is 0 Å². The Morgan fingerprint density at radius 1 is 1.26 bits per heavy atom. The van der Waals surface area contributed by atoms with Crippen LogP contribution in [0.3, 0.4) is 0 Å². The largest absolute Gasteiger partial charge is 0.459 e. The van der Waals surface area contributed by atoms with Crippen LogP contribution in [0.2, 0.25) is 0 Å². The van der Waals surface area contributed by atoms with E-state index in [1.807, 2.05) is 6.07 Å². The van der Waals surface area contributed by atoms with Gasteiger partial charge in [-0.1, -0.05) is 0 Å². The Morgan fingerprint density at radius 3 is 2.44 bits per heavy atom. The molecule has 7 nitrogen and oxygen atoms in total. The number of Topliss-reactive ketones (excluding diaryl/α,β-unsaturated/α-hetero) is 2. The molecule has 0 aromatic heterocycles. The van der Waals surface area contributed by atoms with Gasteiger partial charge in [-0.3, -0.25) is 19.2 Å². The van der Waals surface area contributed by atoms with Gasteiger partial charge in [-0.2, -0.15) is 5.26 Å². The summed E-state index contributed by atoms with van der Waals surface area (Å²) < 4.78 is 5.10. The lowest BCUT2D eigenvalue weighted by Crippen LogP contribution is -2.51. The Morgan fingerprint density at radius 2 is 1.89 bits per heavy atom. The lowest BCUT2D eigenvalue weighted by Gasteiger charge is -2.34. The molecule has 1 atom stereocenters. The summed E-state index contributed by atoms with van der Waals surface area (Å²) in [4.78, 5) is 49.9. The number of carbonyl (C=O) groups is 4. The van der Waals surface area contributed by atoms with E-state index in [0.29, 0.717) is 11.1 Å². The molecule has 1 aliphatic carbocycles. The number of esters is 1. The molecular formula is C20H22N2O5. The zero-order valence-corrected chi connectivity index (χ0v) is 16.0. The minimum atomic E-state index is -1.54. The van der Waals surface area contributed by atoms with Crippen LogP contribution in [0.4, 0.5) is 0 Å². The molecule has 0 bridgehead atoms. The number of amides is 1. The van der Waals surface area contributed by atoms with Gasteiger partial charge in [-0.05, 0) is 58.4 Å². The van der Waals surface area contributed by atoms with Crippen molar-refractivity contribution in [1.29, 1.82) is 5.26 Å². The highest BCUT2D eigenvalue weighted by Crippen LogP contribution is 2.37. The predicted molar refractivity (Wildman–Crippen MR) is 95.9 cm³/mol. The second-order valence-corrected chi connectivity index (χ2v) is 7.96. The standard InChI is InChI=1S/C20H22N2O5/c1-19(2,3)27-14(23)10-22-18(26)15-16(24)12-7-6-11(9-21)8-13(12)20(4,5)17(15)25/h6-8,15H,10H2,1-5H3,(H,22,26). The highest BCUT2D eigenvalue weighted by molar-refractivity contribution is 6.28. The monoisotopic (exact) mass is 370 g/mol. The molecule has 0 aliphatic heterocycles. The van der Waals surface area contributed by atoms with Crippen molar-refractivity contribution in [2.45, 2.75) is 45.6 Å². The summed E-state index contributed by atoms with van der Waals surface area (Å²) in [5.41, 5.74) is -0.846. The zero-order valence-electron chi connectivity index (χ0n) is 16.0. The number of rotatable bonds is 3. The Kier molecular flexibility index (Phi) is 5.23. The summed E-state index contributed by atoms with van der Waals surface area (Å²) in [6.07, 6.45) is 0. The number of carbonyl (C=O) groups excluding carboxylic acids is 4. The van der Waals surface area contributed by atoms with Crippen LogP contribution in [-0.2, 0) is 24.5 Å². The number of hydrogen-bond donors (Lipinski definition) is 1. The van der Waals surface area contributed by atoms with Crippen LogP contribution in [0, 0.1) is 17.2 Å². The third-order valence-electron chi connectivity index (χ3n) is 4.32. The molecule has 1 aliphatic rings. The fourth-order valence-corrected chi connectivity index (χ4v) is 2.99. The van der Waals surface area contributed by atoms with E-state index >= 15 is 0 Å². The van der Waals surface area contributed by atoms with Gasteiger partial charge in [-0.15, -0.1) is 0 Å². The van der Waals surface area contributed by atoms with E-state index in [2.05, 4.69) is 5.32 Å². The topological polar surface area (TPSA) is 113 Å². The van der Waals surface area contributed by atoms with Crippen molar-refractivity contribution < 1.29 is 23.9 Å². The van der Waals surface area contributed by atoms with E-state index in [1.54, 1.807) is 34.6 Å². The van der Waals surface area contributed by atoms with E-state index < -0.39 is 46.9 Å². The first-order valence-corrected chi connectivity index (χ1v) is 8.51. The molecule has 7 heteroatoms. The molecule has 0 radical (unpaired) electrons. The maximum atomic E-state index is 12.9. The van der Waals surface area contributed by atoms with Gasteiger partial charge in [0.2, 0.25) is 5.91 Å². The molecule has 1 unspecified atom stereocenters. The summed E-state index contributed by atoms with van der Waals surface area (Å²) in [5.74, 6) is -4.25. The lowest BCUT2D eigenvalue weighted by molar-refractivity contribution is -0.155. The Balaban J connectivity index is 2.27. The lowest BCUT2D eigenvalue weighted by atomic mass is 9.66. The normalized spacial score (nSPS) is 18.3. The smallest absolute Gasteiger partial charge is 0.325 e. The maximum absolute atomic E-state index is 12.9. The summed E-state index contributed by atoms with van der Waals surface area (Å²) in [5, 5.41) is 11.4. The minimum Gasteiger partial charge on any atom is -0.459 e. The summed E-state index contributed by atoms with van der Waals surface area (Å²) >= 11 is 0. The Bertz CT molecular complexity index is 871. The predicted octanol–water partition coefficient (Wildman–Crippen LogP) is 1.68. The molecule has 0 saturated heterocycles. The molecule has 2 rings (SSSR count). The molecule has 1 amide bonds. The van der Waals surface area contributed by atoms with Gasteiger partial charge in [0.15, 0.2) is 17.5 Å². The fraction of sp³-hybridized carbons (Fsp3) is 0.450. The highest BCUT2D eigenvalue weighted by atomic mass is 16.6. The number of benzene rings is 1. The van der Waals surface area contributed by atoms with Crippen LogP contribution in [0.15, 0.2) is 18.2 Å². The Hall–Kier alpha value is -3.01. The Labute approximate surface area is 157 Å². The molecule has 0 fully saturated rings. The first-order valence-electron chi connectivity index (χ1n) is 8.51. The number of fused-ring (bicyclic) bond motifs is 1. The van der Waals surface area contributed by atoms with Crippen LogP contribution in [0.1, 0.15) is 56.1 Å². The van der Waals surface area contributed by atoms with E-state index in [1.165, 1.54) is 18.2 Å². The maximum Gasteiger partial charge on any atom is 0.325 e. The minimum absolute atomic E-state index is 0.232. The molecule has 27 heavy (non-hydrogen) atoms. The van der Waals surface area contributed by atoms with Gasteiger partial charge in [0.1, 0.15) is 12.1 Å². The van der Waals surface area contributed by atoms with Crippen LogP contribution >= 0.6 is 0 Å². The number of nitriles is 1. The van der Waals surface area contributed by atoms with Crippen molar-refractivity contribution in [2.24, 2.45) is 5.92 Å². The van der Waals surface area contributed by atoms with Crippen molar-refractivity contribution in [2.75, 3.05) is 6.54 Å². The summed E-state index contributed by atoms with van der Waals surface area (Å²) in [6.45, 7) is 7.85. The van der Waals surface area contributed by atoms with Gasteiger partial charge < -0.3 is 10.1 Å². The van der Waals surface area contributed by atoms with Crippen molar-refractivity contribution in [3.8, 4) is 6.07 Å². The van der Waals surface area contributed by atoms with Crippen molar-refractivity contribution in [1.82, 2.24) is 5.32 Å².